The van der Waals surface area contributed by atoms with Gasteiger partial charge in [0.05, 0.1) is 13.2 Å². The van der Waals surface area contributed by atoms with Crippen LogP contribution in [0.4, 0.5) is 0 Å². The minimum Gasteiger partial charge on any atom is -0.465 e. The molecular formula is C14H27NO2. The maximum Gasteiger partial charge on any atom is 0.319 e. The van der Waals surface area contributed by atoms with Crippen molar-refractivity contribution in [1.29, 1.82) is 0 Å². The third-order valence-corrected chi connectivity index (χ3v) is 3.63. The van der Waals surface area contributed by atoms with Gasteiger partial charge < -0.3 is 10.1 Å². The average Bonchev–Trinajstić information content (AvgIpc) is 2.53. The van der Waals surface area contributed by atoms with Gasteiger partial charge in [-0.25, -0.2) is 0 Å². The second-order valence-corrected chi connectivity index (χ2v) is 5.05. The number of rotatable bonds is 6. The Morgan fingerprint density at radius 1 is 1.24 bits per heavy atom. The molecule has 1 aliphatic carbocycles. The lowest BCUT2D eigenvalue weighted by Crippen LogP contribution is -2.34. The number of carbonyl (C=O) groups is 1. The summed E-state index contributed by atoms with van der Waals surface area (Å²) in [5.41, 5.74) is 0. The Kier molecular flexibility index (Phi) is 7.25. The Hall–Kier alpha value is -0.570. The summed E-state index contributed by atoms with van der Waals surface area (Å²) in [6, 6.07) is 0.515. The van der Waals surface area contributed by atoms with Gasteiger partial charge >= 0.3 is 5.97 Å². The lowest BCUT2D eigenvalue weighted by Gasteiger charge is -2.16. The summed E-state index contributed by atoms with van der Waals surface area (Å²) in [6.45, 7) is 4.96. The van der Waals surface area contributed by atoms with E-state index >= 15 is 0 Å². The Morgan fingerprint density at radius 3 is 2.76 bits per heavy atom. The van der Waals surface area contributed by atoms with Crippen molar-refractivity contribution in [2.75, 3.05) is 13.2 Å². The monoisotopic (exact) mass is 241 g/mol. The van der Waals surface area contributed by atoms with Gasteiger partial charge in [0.25, 0.3) is 0 Å². The Labute approximate surface area is 105 Å². The van der Waals surface area contributed by atoms with Crippen molar-refractivity contribution in [3.05, 3.63) is 0 Å². The molecule has 1 aliphatic rings. The van der Waals surface area contributed by atoms with Gasteiger partial charge in [0.2, 0.25) is 0 Å². The summed E-state index contributed by atoms with van der Waals surface area (Å²) in [7, 11) is 0. The Morgan fingerprint density at radius 2 is 2.06 bits per heavy atom. The number of ether oxygens (including phenoxy) is 1. The van der Waals surface area contributed by atoms with Crippen LogP contribution in [-0.2, 0) is 9.53 Å². The van der Waals surface area contributed by atoms with Gasteiger partial charge in [-0.15, -0.1) is 0 Å². The molecule has 0 bridgehead atoms. The predicted molar refractivity (Wildman–Crippen MR) is 69.9 cm³/mol. The van der Waals surface area contributed by atoms with Gasteiger partial charge in [0.1, 0.15) is 0 Å². The predicted octanol–water partition coefficient (Wildman–Crippen LogP) is 2.89. The molecule has 0 aliphatic heterocycles. The first-order chi connectivity index (χ1) is 8.26. The second-order valence-electron chi connectivity index (χ2n) is 5.05. The molecule has 0 radical (unpaired) electrons. The van der Waals surface area contributed by atoms with E-state index in [4.69, 9.17) is 4.74 Å². The molecule has 2 atom stereocenters. The van der Waals surface area contributed by atoms with Crippen molar-refractivity contribution in [3.63, 3.8) is 0 Å². The van der Waals surface area contributed by atoms with Crippen LogP contribution in [-0.4, -0.2) is 25.2 Å². The number of esters is 1. The van der Waals surface area contributed by atoms with Crippen molar-refractivity contribution < 1.29 is 9.53 Å². The van der Waals surface area contributed by atoms with Gasteiger partial charge in [-0.1, -0.05) is 32.6 Å². The molecule has 3 heteroatoms. The average molecular weight is 241 g/mol. The molecule has 0 amide bonds. The van der Waals surface area contributed by atoms with E-state index in [0.717, 1.165) is 5.92 Å². The lowest BCUT2D eigenvalue weighted by molar-refractivity contribution is -0.142. The summed E-state index contributed by atoms with van der Waals surface area (Å²) in [4.78, 5) is 11.3. The van der Waals surface area contributed by atoms with Crippen LogP contribution in [0.1, 0.15) is 58.8 Å². The molecule has 100 valence electrons. The quantitative estimate of drug-likeness (QED) is 0.574. The summed E-state index contributed by atoms with van der Waals surface area (Å²) in [5, 5.41) is 3.33. The van der Waals surface area contributed by atoms with Gasteiger partial charge in [-0.2, -0.15) is 0 Å². The van der Waals surface area contributed by atoms with Crippen LogP contribution in [0.25, 0.3) is 0 Å². The minimum absolute atomic E-state index is 0.123. The highest BCUT2D eigenvalue weighted by Gasteiger charge is 2.18. The van der Waals surface area contributed by atoms with Gasteiger partial charge in [0, 0.05) is 6.04 Å². The molecular weight excluding hydrogens is 214 g/mol. The van der Waals surface area contributed by atoms with Crippen LogP contribution in [0, 0.1) is 5.92 Å². The molecule has 0 aromatic rings. The zero-order valence-corrected chi connectivity index (χ0v) is 11.3. The molecule has 0 aromatic heterocycles. The van der Waals surface area contributed by atoms with Crippen molar-refractivity contribution >= 4 is 5.97 Å². The molecule has 3 nitrogen and oxygen atoms in total. The molecule has 1 saturated carbocycles. The summed E-state index contributed by atoms with van der Waals surface area (Å²) in [6.07, 6.45) is 9.06. The van der Waals surface area contributed by atoms with Crippen LogP contribution in [0.2, 0.25) is 0 Å². The van der Waals surface area contributed by atoms with E-state index in [1.54, 1.807) is 0 Å². The van der Waals surface area contributed by atoms with E-state index in [1.807, 2.05) is 6.92 Å². The molecule has 0 aromatic carbocycles. The summed E-state index contributed by atoms with van der Waals surface area (Å²) < 4.78 is 4.92. The fourth-order valence-electron chi connectivity index (χ4n) is 2.72. The van der Waals surface area contributed by atoms with Crippen LogP contribution in [0.15, 0.2) is 0 Å². The van der Waals surface area contributed by atoms with E-state index in [-0.39, 0.29) is 5.97 Å². The van der Waals surface area contributed by atoms with Gasteiger partial charge in [-0.05, 0) is 32.1 Å². The van der Waals surface area contributed by atoms with E-state index in [1.165, 1.54) is 44.9 Å². The molecule has 0 saturated heterocycles. The maximum absolute atomic E-state index is 11.3. The minimum atomic E-state index is -0.123. The van der Waals surface area contributed by atoms with Crippen LogP contribution < -0.4 is 5.32 Å². The number of nitrogens with one attached hydrogen (secondary N) is 1. The third kappa shape index (κ3) is 6.06. The first-order valence-corrected chi connectivity index (χ1v) is 7.15. The Balaban J connectivity index is 2.19. The highest BCUT2D eigenvalue weighted by atomic mass is 16.5. The highest BCUT2D eigenvalue weighted by molar-refractivity contribution is 5.71. The molecule has 0 heterocycles. The largest absolute Gasteiger partial charge is 0.465 e. The van der Waals surface area contributed by atoms with Crippen molar-refractivity contribution in [2.45, 2.75) is 64.8 Å². The van der Waals surface area contributed by atoms with Crippen molar-refractivity contribution in [3.8, 4) is 0 Å². The van der Waals surface area contributed by atoms with Crippen LogP contribution in [0.3, 0.4) is 0 Å². The zero-order chi connectivity index (χ0) is 12.5. The van der Waals surface area contributed by atoms with Gasteiger partial charge in [-0.3, -0.25) is 4.79 Å². The Bertz CT molecular complexity index is 218. The first-order valence-electron chi connectivity index (χ1n) is 7.15. The fraction of sp³-hybridized carbons (Fsp3) is 0.929. The van der Waals surface area contributed by atoms with Crippen LogP contribution >= 0.6 is 0 Å². The van der Waals surface area contributed by atoms with E-state index < -0.39 is 0 Å². The molecule has 2 unspecified atom stereocenters. The summed E-state index contributed by atoms with van der Waals surface area (Å²) in [5.74, 6) is 0.788. The van der Waals surface area contributed by atoms with Gasteiger partial charge in [0.15, 0.2) is 0 Å². The highest BCUT2D eigenvalue weighted by Crippen LogP contribution is 2.26. The smallest absolute Gasteiger partial charge is 0.319 e. The molecule has 1 N–H and O–H groups in total. The number of carbonyl (C=O) groups excluding carboxylic acids is 1. The number of hydrogen-bond acceptors (Lipinski definition) is 3. The molecule has 1 rings (SSSR count). The normalized spacial score (nSPS) is 25.3. The second kappa shape index (κ2) is 8.51. The van der Waals surface area contributed by atoms with Crippen molar-refractivity contribution in [1.82, 2.24) is 5.32 Å². The SMILES string of the molecule is CCCC1CCCC(NCC(=O)OCC)CC1. The van der Waals surface area contributed by atoms with E-state index in [2.05, 4.69) is 12.2 Å². The standard InChI is InChI=1S/C14H27NO2/c1-3-6-12-7-5-8-13(10-9-12)15-11-14(16)17-4-2/h12-13,15H,3-11H2,1-2H3. The first kappa shape index (κ1) is 14.5. The third-order valence-electron chi connectivity index (χ3n) is 3.63. The summed E-state index contributed by atoms with van der Waals surface area (Å²) >= 11 is 0. The zero-order valence-electron chi connectivity index (χ0n) is 11.3. The van der Waals surface area contributed by atoms with E-state index in [0.29, 0.717) is 19.2 Å². The fourth-order valence-corrected chi connectivity index (χ4v) is 2.72. The number of hydrogen-bond donors (Lipinski definition) is 1. The topological polar surface area (TPSA) is 38.3 Å². The lowest BCUT2D eigenvalue weighted by atomic mass is 9.95. The van der Waals surface area contributed by atoms with E-state index in [9.17, 15) is 4.79 Å². The molecule has 0 spiro atoms. The maximum atomic E-state index is 11.3. The molecule has 17 heavy (non-hydrogen) atoms. The van der Waals surface area contributed by atoms with Crippen LogP contribution in [0.5, 0.6) is 0 Å². The van der Waals surface area contributed by atoms with Crippen molar-refractivity contribution in [2.24, 2.45) is 5.92 Å². The molecule has 1 fully saturated rings.